The molecule has 2 aromatic carbocycles. The van der Waals surface area contributed by atoms with Crippen LogP contribution in [0.4, 0.5) is 0 Å². The average Bonchev–Trinajstić information content (AvgIpc) is 3.53. The maximum atomic E-state index is 13.1. The fourth-order valence-electron chi connectivity index (χ4n) is 5.14. The summed E-state index contributed by atoms with van der Waals surface area (Å²) in [6.45, 7) is 4.11. The van der Waals surface area contributed by atoms with Crippen LogP contribution < -0.4 is 11.0 Å². The second kappa shape index (κ2) is 8.97. The number of aromatic amines is 1. The van der Waals surface area contributed by atoms with Crippen LogP contribution in [0.1, 0.15) is 50.0 Å². The highest BCUT2D eigenvalue weighted by atomic mass is 16.2. The van der Waals surface area contributed by atoms with Crippen molar-refractivity contribution in [1.82, 2.24) is 24.4 Å². The molecule has 0 aliphatic heterocycles. The number of fused-ring (bicyclic) bond motifs is 1. The Balaban J connectivity index is 1.61. The second-order valence-corrected chi connectivity index (χ2v) is 9.36. The Morgan fingerprint density at radius 1 is 1.12 bits per heavy atom. The number of carbonyl (C=O) groups is 1. The Morgan fingerprint density at radius 2 is 1.91 bits per heavy atom. The molecule has 0 atom stereocenters. The molecule has 0 radical (unpaired) electrons. The van der Waals surface area contributed by atoms with Gasteiger partial charge >= 0.3 is 5.69 Å². The molecule has 176 valence electrons. The smallest absolute Gasteiger partial charge is 0.329 e. The third-order valence-corrected chi connectivity index (χ3v) is 6.85. The molecule has 0 unspecified atom stereocenters. The first-order chi connectivity index (χ1) is 16.4. The minimum absolute atomic E-state index is 0.0520. The summed E-state index contributed by atoms with van der Waals surface area (Å²) in [5.41, 5.74) is 6.96. The molecule has 1 amide bonds. The number of imidazole rings is 2. The summed E-state index contributed by atoms with van der Waals surface area (Å²) in [5, 5.41) is 2.84. The topological polar surface area (TPSA) is 84.7 Å². The Morgan fingerprint density at radius 3 is 2.65 bits per heavy atom. The summed E-state index contributed by atoms with van der Waals surface area (Å²) < 4.78 is 3.75. The first-order valence-corrected chi connectivity index (χ1v) is 12.0. The lowest BCUT2D eigenvalue weighted by Crippen LogP contribution is -2.24. The standard InChI is InChI=1S/C27H31N5O2/c1-17-7-6-8-19(15-17)25-26(30-24(29-25)13-14-28-18(2)33)20-11-12-22-23(16-20)31(3)27(34)32(22)21-9-4-5-10-21/h6-8,11-12,15-16,21H,4-5,9-10,13-14H2,1-3H3,(H,28,33)(H,29,30). The molecule has 0 spiro atoms. The number of amides is 1. The van der Waals surface area contributed by atoms with Crippen LogP contribution in [-0.2, 0) is 18.3 Å². The van der Waals surface area contributed by atoms with E-state index in [2.05, 4.69) is 53.6 Å². The molecular formula is C27H31N5O2. The van der Waals surface area contributed by atoms with Crippen LogP contribution >= 0.6 is 0 Å². The molecule has 2 N–H and O–H groups in total. The van der Waals surface area contributed by atoms with Gasteiger partial charge < -0.3 is 10.3 Å². The maximum Gasteiger partial charge on any atom is 0.329 e. The van der Waals surface area contributed by atoms with Gasteiger partial charge in [-0.2, -0.15) is 0 Å². The van der Waals surface area contributed by atoms with Crippen LogP contribution in [0.25, 0.3) is 33.5 Å². The highest BCUT2D eigenvalue weighted by Gasteiger charge is 2.23. The Hall–Kier alpha value is -3.61. The molecule has 2 aromatic heterocycles. The largest absolute Gasteiger partial charge is 0.356 e. The van der Waals surface area contributed by atoms with Crippen molar-refractivity contribution in [2.75, 3.05) is 6.54 Å². The summed E-state index contributed by atoms with van der Waals surface area (Å²) in [6, 6.07) is 14.8. The van der Waals surface area contributed by atoms with Gasteiger partial charge in [0.05, 0.1) is 22.4 Å². The van der Waals surface area contributed by atoms with E-state index in [4.69, 9.17) is 4.98 Å². The summed E-state index contributed by atoms with van der Waals surface area (Å²) in [7, 11) is 1.85. The number of carbonyl (C=O) groups excluding carboxylic acids is 1. The fraction of sp³-hybridized carbons (Fsp3) is 0.370. The lowest BCUT2D eigenvalue weighted by atomic mass is 10.0. The Bertz CT molecular complexity index is 1420. The van der Waals surface area contributed by atoms with Gasteiger partial charge in [0.2, 0.25) is 5.91 Å². The third-order valence-electron chi connectivity index (χ3n) is 6.85. The molecule has 1 saturated carbocycles. The van der Waals surface area contributed by atoms with Crippen molar-refractivity contribution in [3.05, 3.63) is 64.3 Å². The zero-order valence-electron chi connectivity index (χ0n) is 20.0. The van der Waals surface area contributed by atoms with Crippen LogP contribution in [0, 0.1) is 6.92 Å². The zero-order chi connectivity index (χ0) is 23.8. The average molecular weight is 458 g/mol. The number of H-pyrrole nitrogens is 1. The maximum absolute atomic E-state index is 13.1. The first kappa shape index (κ1) is 22.2. The summed E-state index contributed by atoms with van der Waals surface area (Å²) >= 11 is 0. The molecule has 7 heteroatoms. The molecule has 34 heavy (non-hydrogen) atoms. The predicted octanol–water partition coefficient (Wildman–Crippen LogP) is 4.50. The minimum Gasteiger partial charge on any atom is -0.356 e. The third kappa shape index (κ3) is 4.06. The zero-order valence-corrected chi connectivity index (χ0v) is 20.0. The van der Waals surface area contributed by atoms with Gasteiger partial charge in [0.15, 0.2) is 0 Å². The Kier molecular flexibility index (Phi) is 5.86. The SMILES string of the molecule is CC(=O)NCCc1nc(-c2cccc(C)c2)c(-c2ccc3c(c2)n(C)c(=O)n3C2CCCC2)[nH]1. The van der Waals surface area contributed by atoms with Gasteiger partial charge in [-0.1, -0.05) is 42.7 Å². The molecule has 7 nitrogen and oxygen atoms in total. The molecule has 0 bridgehead atoms. The molecule has 1 aliphatic rings. The quantitative estimate of drug-likeness (QED) is 0.447. The number of aromatic nitrogens is 4. The van der Waals surface area contributed by atoms with E-state index >= 15 is 0 Å². The van der Waals surface area contributed by atoms with Crippen molar-refractivity contribution in [3.8, 4) is 22.5 Å². The van der Waals surface area contributed by atoms with E-state index in [1.807, 2.05) is 17.7 Å². The second-order valence-electron chi connectivity index (χ2n) is 9.36. The number of nitrogens with zero attached hydrogens (tertiary/aromatic N) is 3. The highest BCUT2D eigenvalue weighted by Crippen LogP contribution is 2.35. The summed E-state index contributed by atoms with van der Waals surface area (Å²) in [4.78, 5) is 32.8. The van der Waals surface area contributed by atoms with E-state index in [0.29, 0.717) is 13.0 Å². The van der Waals surface area contributed by atoms with Crippen molar-refractivity contribution in [2.45, 2.75) is 52.0 Å². The molecule has 5 rings (SSSR count). The van der Waals surface area contributed by atoms with Gasteiger partial charge in [0.25, 0.3) is 0 Å². The van der Waals surface area contributed by atoms with Gasteiger partial charge in [-0.15, -0.1) is 0 Å². The van der Waals surface area contributed by atoms with Crippen LogP contribution in [0.3, 0.4) is 0 Å². The van der Waals surface area contributed by atoms with Gasteiger partial charge in [-0.05, 0) is 38.0 Å². The monoisotopic (exact) mass is 457 g/mol. The van der Waals surface area contributed by atoms with E-state index in [0.717, 1.165) is 57.8 Å². The number of hydrogen-bond acceptors (Lipinski definition) is 3. The van der Waals surface area contributed by atoms with Crippen molar-refractivity contribution < 1.29 is 4.79 Å². The molecule has 4 aromatic rings. The van der Waals surface area contributed by atoms with Gasteiger partial charge in [0.1, 0.15) is 5.82 Å². The molecule has 0 saturated heterocycles. The highest BCUT2D eigenvalue weighted by molar-refractivity contribution is 5.86. The van der Waals surface area contributed by atoms with Crippen molar-refractivity contribution in [3.63, 3.8) is 0 Å². The number of benzene rings is 2. The van der Waals surface area contributed by atoms with Crippen molar-refractivity contribution >= 4 is 16.9 Å². The predicted molar refractivity (Wildman–Crippen MR) is 135 cm³/mol. The number of nitrogens with one attached hydrogen (secondary N) is 2. The molecule has 2 heterocycles. The molecular weight excluding hydrogens is 426 g/mol. The van der Waals surface area contributed by atoms with E-state index in [9.17, 15) is 9.59 Å². The van der Waals surface area contributed by atoms with Crippen molar-refractivity contribution in [1.29, 1.82) is 0 Å². The van der Waals surface area contributed by atoms with Crippen LogP contribution in [0.15, 0.2) is 47.3 Å². The Labute approximate surface area is 198 Å². The summed E-state index contributed by atoms with van der Waals surface area (Å²) in [6.07, 6.45) is 5.10. The van der Waals surface area contributed by atoms with E-state index < -0.39 is 0 Å². The number of rotatable bonds is 6. The van der Waals surface area contributed by atoms with Crippen LogP contribution in [0.5, 0.6) is 0 Å². The minimum atomic E-state index is -0.0520. The fourth-order valence-corrected chi connectivity index (χ4v) is 5.14. The van der Waals surface area contributed by atoms with Crippen LogP contribution in [0.2, 0.25) is 0 Å². The first-order valence-electron chi connectivity index (χ1n) is 12.0. The van der Waals surface area contributed by atoms with E-state index in [1.54, 1.807) is 4.57 Å². The van der Waals surface area contributed by atoms with Crippen LogP contribution in [-0.4, -0.2) is 31.6 Å². The number of aryl methyl sites for hydroxylation is 2. The van der Waals surface area contributed by atoms with Gasteiger partial charge in [-0.3, -0.25) is 13.9 Å². The molecule has 1 aliphatic carbocycles. The van der Waals surface area contributed by atoms with E-state index in [-0.39, 0.29) is 17.6 Å². The van der Waals surface area contributed by atoms with Crippen molar-refractivity contribution in [2.24, 2.45) is 7.05 Å². The lowest BCUT2D eigenvalue weighted by Gasteiger charge is -2.11. The van der Waals surface area contributed by atoms with Gasteiger partial charge in [-0.25, -0.2) is 9.78 Å². The lowest BCUT2D eigenvalue weighted by molar-refractivity contribution is -0.118. The van der Waals surface area contributed by atoms with Gasteiger partial charge in [0, 0.05) is 44.1 Å². The van der Waals surface area contributed by atoms with E-state index in [1.165, 1.54) is 19.8 Å². The summed E-state index contributed by atoms with van der Waals surface area (Å²) in [5.74, 6) is 0.765. The number of hydrogen-bond donors (Lipinski definition) is 2. The normalized spacial score (nSPS) is 14.2. The molecule has 1 fully saturated rings.